The van der Waals surface area contributed by atoms with Crippen LogP contribution in [0.25, 0.3) is 28.2 Å². The van der Waals surface area contributed by atoms with Crippen LogP contribution < -0.4 is 4.90 Å². The molecule has 2 aromatic carbocycles. The van der Waals surface area contributed by atoms with Crippen LogP contribution in [0.1, 0.15) is 54.9 Å². The van der Waals surface area contributed by atoms with E-state index in [-0.39, 0.29) is 0 Å². The summed E-state index contributed by atoms with van der Waals surface area (Å²) in [5, 5.41) is 7.02. The molecule has 1 saturated heterocycles. The molecule has 3 aliphatic rings. The third-order valence-corrected chi connectivity index (χ3v) is 9.06. The summed E-state index contributed by atoms with van der Waals surface area (Å²) in [4.78, 5) is 2.57. The highest BCUT2D eigenvalue weighted by molar-refractivity contribution is 6.39. The number of halogens is 2. The number of anilines is 1. The number of nitrogens with zero attached hydrogens (tertiary/aromatic N) is 3. The van der Waals surface area contributed by atoms with Gasteiger partial charge in [0.05, 0.1) is 15.6 Å². The third-order valence-electron chi connectivity index (χ3n) is 8.43. The zero-order valence-corrected chi connectivity index (χ0v) is 22.2. The van der Waals surface area contributed by atoms with Gasteiger partial charge in [-0.15, -0.1) is 0 Å². The lowest BCUT2D eigenvalue weighted by molar-refractivity contribution is 0.243. The summed E-state index contributed by atoms with van der Waals surface area (Å²) in [5.41, 5.74) is 8.45. The largest absolute Gasteiger partial charge is 0.371 e. The summed E-state index contributed by atoms with van der Waals surface area (Å²) < 4.78 is 8.11. The van der Waals surface area contributed by atoms with Crippen LogP contribution in [0.15, 0.2) is 52.7 Å². The molecule has 0 unspecified atom stereocenters. The molecule has 2 aliphatic carbocycles. The molecule has 1 aliphatic heterocycles. The van der Waals surface area contributed by atoms with Crippen LogP contribution >= 0.6 is 23.2 Å². The molecule has 184 valence electrons. The number of hydrogen-bond donors (Lipinski definition) is 0. The minimum atomic E-state index is 0.365. The first-order valence-corrected chi connectivity index (χ1v) is 13.6. The molecule has 0 N–H and O–H groups in total. The van der Waals surface area contributed by atoms with Crippen molar-refractivity contribution in [3.63, 3.8) is 0 Å². The van der Waals surface area contributed by atoms with E-state index in [2.05, 4.69) is 59.1 Å². The van der Waals surface area contributed by atoms with Crippen LogP contribution in [0.2, 0.25) is 10.0 Å². The van der Waals surface area contributed by atoms with Crippen LogP contribution in [-0.4, -0.2) is 22.8 Å². The van der Waals surface area contributed by atoms with Gasteiger partial charge in [0.25, 0.3) is 0 Å². The second-order valence-electron chi connectivity index (χ2n) is 11.1. The van der Waals surface area contributed by atoms with Gasteiger partial charge < -0.3 is 14.0 Å². The van der Waals surface area contributed by atoms with E-state index in [4.69, 9.17) is 27.7 Å². The number of aromatic nitrogens is 2. The number of allylic oxidation sites excluding steroid dienone is 1. The van der Waals surface area contributed by atoms with E-state index in [1.807, 2.05) is 18.2 Å². The molecular weight excluding hydrogens is 489 g/mol. The van der Waals surface area contributed by atoms with Crippen LogP contribution in [0.4, 0.5) is 5.69 Å². The summed E-state index contributed by atoms with van der Waals surface area (Å²) in [6, 6.07) is 12.5. The van der Waals surface area contributed by atoms with Crippen molar-refractivity contribution in [1.82, 2.24) is 9.72 Å². The Balaban J connectivity index is 1.14. The molecule has 4 aromatic rings. The van der Waals surface area contributed by atoms with E-state index >= 15 is 0 Å². The highest BCUT2D eigenvalue weighted by Gasteiger charge is 2.46. The molecule has 1 spiro atoms. The highest BCUT2D eigenvalue weighted by atomic mass is 35.5. The Bertz CT molecular complexity index is 1510. The topological polar surface area (TPSA) is 34.2 Å². The van der Waals surface area contributed by atoms with E-state index in [1.165, 1.54) is 34.1 Å². The van der Waals surface area contributed by atoms with Gasteiger partial charge in [0.2, 0.25) is 0 Å². The number of benzene rings is 2. The Labute approximate surface area is 221 Å². The van der Waals surface area contributed by atoms with Gasteiger partial charge >= 0.3 is 0 Å². The predicted molar refractivity (Wildman–Crippen MR) is 148 cm³/mol. The van der Waals surface area contributed by atoms with Crippen LogP contribution in [-0.2, 0) is 7.05 Å². The van der Waals surface area contributed by atoms with Gasteiger partial charge in [-0.25, -0.2) is 0 Å². The summed E-state index contributed by atoms with van der Waals surface area (Å²) in [6.07, 6.45) is 10.3. The summed E-state index contributed by atoms with van der Waals surface area (Å²) in [5.74, 6) is 1.46. The van der Waals surface area contributed by atoms with E-state index in [1.54, 1.807) is 0 Å². The zero-order chi connectivity index (χ0) is 24.6. The first-order valence-electron chi connectivity index (χ1n) is 12.8. The first-order chi connectivity index (χ1) is 17.4. The molecule has 0 radical (unpaired) electrons. The summed E-state index contributed by atoms with van der Waals surface area (Å²) in [7, 11) is 2.14. The van der Waals surface area contributed by atoms with Crippen molar-refractivity contribution >= 4 is 45.9 Å². The highest BCUT2D eigenvalue weighted by Crippen LogP contribution is 2.54. The molecule has 0 amide bonds. The Hall–Kier alpha value is -2.69. The molecule has 2 aromatic heterocycles. The third kappa shape index (κ3) is 3.61. The maximum atomic E-state index is 6.55. The van der Waals surface area contributed by atoms with Crippen molar-refractivity contribution in [3.05, 3.63) is 75.1 Å². The van der Waals surface area contributed by atoms with E-state index < -0.39 is 0 Å². The van der Waals surface area contributed by atoms with Gasteiger partial charge in [-0.3, -0.25) is 0 Å². The van der Waals surface area contributed by atoms with Crippen molar-refractivity contribution in [1.29, 1.82) is 0 Å². The fourth-order valence-corrected chi connectivity index (χ4v) is 7.00. The SMILES string of the molecule is Cc1cn(C)c2cc(N3CCC4(CC(=Cc5c(-c6c(Cl)cccc6Cl)noc5C5CC5)C4)C3)ccc12. The lowest BCUT2D eigenvalue weighted by Gasteiger charge is -2.41. The Morgan fingerprint density at radius 2 is 1.89 bits per heavy atom. The fraction of sp³-hybridized carbons (Fsp3) is 0.367. The lowest BCUT2D eigenvalue weighted by atomic mass is 9.64. The van der Waals surface area contributed by atoms with Crippen molar-refractivity contribution < 1.29 is 4.52 Å². The molecule has 3 heterocycles. The lowest BCUT2D eigenvalue weighted by Crippen LogP contribution is -2.34. The molecule has 2 saturated carbocycles. The molecule has 6 heteroatoms. The van der Waals surface area contributed by atoms with Gasteiger partial charge in [-0.05, 0) is 80.3 Å². The van der Waals surface area contributed by atoms with Crippen LogP contribution in [0.3, 0.4) is 0 Å². The van der Waals surface area contributed by atoms with Crippen molar-refractivity contribution in [2.75, 3.05) is 18.0 Å². The summed E-state index contributed by atoms with van der Waals surface area (Å²) in [6.45, 7) is 4.41. The minimum Gasteiger partial charge on any atom is -0.371 e. The van der Waals surface area contributed by atoms with Crippen molar-refractivity contribution in [2.24, 2.45) is 12.5 Å². The number of aryl methyl sites for hydroxylation is 2. The van der Waals surface area contributed by atoms with E-state index in [9.17, 15) is 0 Å². The minimum absolute atomic E-state index is 0.365. The van der Waals surface area contributed by atoms with Gasteiger partial charge in [0.15, 0.2) is 0 Å². The van der Waals surface area contributed by atoms with Crippen LogP contribution in [0.5, 0.6) is 0 Å². The van der Waals surface area contributed by atoms with Gasteiger partial charge in [0, 0.05) is 54.5 Å². The molecule has 36 heavy (non-hydrogen) atoms. The molecular formula is C30H29Cl2N3O. The quantitative estimate of drug-likeness (QED) is 0.272. The first kappa shape index (κ1) is 22.5. The standard InChI is InChI=1S/C30H29Cl2N3O/c1-18-16-34(2)26-13-21(8-9-22(18)26)35-11-10-30(17-35)14-19(15-30)12-23-28(33-36-29(23)20-6-7-20)27-24(31)4-3-5-25(27)32/h3-5,8-9,12-13,16,20H,6-7,10-11,14-15,17H2,1-2H3. The number of fused-ring (bicyclic) bond motifs is 1. The van der Waals surface area contributed by atoms with Gasteiger partial charge in [-0.1, -0.05) is 46.1 Å². The molecule has 0 bridgehead atoms. The molecule has 7 rings (SSSR count). The number of hydrogen-bond acceptors (Lipinski definition) is 3. The average Bonchev–Trinajstić information content (AvgIpc) is 3.34. The maximum absolute atomic E-state index is 6.55. The summed E-state index contributed by atoms with van der Waals surface area (Å²) >= 11 is 13.1. The normalized spacial score (nSPS) is 21.6. The smallest absolute Gasteiger partial charge is 0.147 e. The number of rotatable bonds is 4. The van der Waals surface area contributed by atoms with Crippen LogP contribution in [0, 0.1) is 12.3 Å². The Morgan fingerprint density at radius 3 is 2.64 bits per heavy atom. The second kappa shape index (κ2) is 8.16. The molecule has 0 atom stereocenters. The van der Waals surface area contributed by atoms with Gasteiger partial charge in [0.1, 0.15) is 11.5 Å². The molecule has 4 nitrogen and oxygen atoms in total. The fourth-order valence-electron chi connectivity index (χ4n) is 6.43. The Morgan fingerprint density at radius 1 is 1.11 bits per heavy atom. The Kier molecular flexibility index (Phi) is 5.10. The maximum Gasteiger partial charge on any atom is 0.147 e. The predicted octanol–water partition coefficient (Wildman–Crippen LogP) is 8.40. The van der Waals surface area contributed by atoms with E-state index in [0.717, 1.165) is 61.4 Å². The van der Waals surface area contributed by atoms with Crippen molar-refractivity contribution in [2.45, 2.75) is 44.9 Å². The second-order valence-corrected chi connectivity index (χ2v) is 11.9. The zero-order valence-electron chi connectivity index (χ0n) is 20.7. The van der Waals surface area contributed by atoms with E-state index in [0.29, 0.717) is 21.4 Å². The van der Waals surface area contributed by atoms with Gasteiger partial charge in [-0.2, -0.15) is 0 Å². The molecule has 3 fully saturated rings. The van der Waals surface area contributed by atoms with Crippen molar-refractivity contribution in [3.8, 4) is 11.3 Å². The monoisotopic (exact) mass is 517 g/mol. The average molecular weight is 518 g/mol.